The zero-order valence-corrected chi connectivity index (χ0v) is 9.07. The van der Waals surface area contributed by atoms with Crippen molar-refractivity contribution in [3.8, 4) is 5.75 Å². The molecule has 0 unspecified atom stereocenters. The van der Waals surface area contributed by atoms with Crippen LogP contribution in [0.3, 0.4) is 0 Å². The Morgan fingerprint density at radius 2 is 1.76 bits per heavy atom. The third kappa shape index (κ3) is 2.91. The Bertz CT molecular complexity index is 372. The van der Waals surface area contributed by atoms with Crippen LogP contribution in [-0.4, -0.2) is 17.3 Å². The van der Waals surface area contributed by atoms with E-state index in [1.807, 2.05) is 0 Å². The summed E-state index contributed by atoms with van der Waals surface area (Å²) in [5.74, 6) is 0.365. The Kier molecular flexibility index (Phi) is 3.28. The van der Waals surface area contributed by atoms with E-state index in [4.69, 9.17) is 4.74 Å². The van der Waals surface area contributed by atoms with E-state index < -0.39 is 17.8 Å². The van der Waals surface area contributed by atoms with Crippen molar-refractivity contribution in [2.24, 2.45) is 0 Å². The number of halogens is 3. The summed E-state index contributed by atoms with van der Waals surface area (Å²) in [6.07, 6.45) is -2.84. The topological polar surface area (TPSA) is 29.5 Å². The van der Waals surface area contributed by atoms with Crippen LogP contribution in [-0.2, 0) is 6.18 Å². The molecule has 0 radical (unpaired) electrons. The fourth-order valence-electron chi connectivity index (χ4n) is 1.94. The van der Waals surface area contributed by atoms with Gasteiger partial charge in [-0.05, 0) is 43.5 Å². The molecule has 2 rings (SSSR count). The average molecular weight is 246 g/mol. The van der Waals surface area contributed by atoms with Crippen LogP contribution in [0.5, 0.6) is 5.75 Å². The second kappa shape index (κ2) is 4.56. The van der Waals surface area contributed by atoms with Crippen molar-refractivity contribution < 1.29 is 23.0 Å². The van der Waals surface area contributed by atoms with Gasteiger partial charge in [-0.25, -0.2) is 0 Å². The van der Waals surface area contributed by atoms with Gasteiger partial charge in [0, 0.05) is 0 Å². The van der Waals surface area contributed by atoms with Gasteiger partial charge in [0.05, 0.1) is 11.7 Å². The van der Waals surface area contributed by atoms with Crippen molar-refractivity contribution in [1.29, 1.82) is 0 Å². The van der Waals surface area contributed by atoms with Crippen molar-refractivity contribution in [1.82, 2.24) is 0 Å². The summed E-state index contributed by atoms with van der Waals surface area (Å²) in [4.78, 5) is 0. The molecule has 0 amide bonds. The van der Waals surface area contributed by atoms with Gasteiger partial charge in [0.25, 0.3) is 0 Å². The molecule has 17 heavy (non-hydrogen) atoms. The van der Waals surface area contributed by atoms with Gasteiger partial charge in [0.1, 0.15) is 11.9 Å². The Morgan fingerprint density at radius 3 is 2.24 bits per heavy atom. The Morgan fingerprint density at radius 1 is 1.12 bits per heavy atom. The van der Waals surface area contributed by atoms with Gasteiger partial charge in [-0.15, -0.1) is 0 Å². The van der Waals surface area contributed by atoms with Gasteiger partial charge in [-0.3, -0.25) is 0 Å². The number of hydrogen-bond acceptors (Lipinski definition) is 2. The minimum atomic E-state index is -4.33. The summed E-state index contributed by atoms with van der Waals surface area (Å²) in [7, 11) is 0. The van der Waals surface area contributed by atoms with E-state index in [0.29, 0.717) is 12.2 Å². The average Bonchev–Trinajstić information content (AvgIpc) is 2.64. The molecule has 1 aliphatic carbocycles. The van der Waals surface area contributed by atoms with Crippen LogP contribution in [0.15, 0.2) is 24.3 Å². The van der Waals surface area contributed by atoms with E-state index in [2.05, 4.69) is 0 Å². The normalized spacial score (nSPS) is 24.9. The Hall–Kier alpha value is -1.23. The summed E-state index contributed by atoms with van der Waals surface area (Å²) in [6.45, 7) is 0. The van der Waals surface area contributed by atoms with Crippen molar-refractivity contribution >= 4 is 0 Å². The smallest absolute Gasteiger partial charge is 0.416 e. The highest BCUT2D eigenvalue weighted by atomic mass is 19.4. The Balaban J connectivity index is 2.03. The van der Waals surface area contributed by atoms with Crippen molar-refractivity contribution in [2.75, 3.05) is 0 Å². The van der Waals surface area contributed by atoms with Crippen LogP contribution in [0.2, 0.25) is 0 Å². The van der Waals surface area contributed by atoms with E-state index in [1.54, 1.807) is 0 Å². The standard InChI is InChI=1S/C12H13F3O2/c13-12(14,15)8-4-6-9(7-5-8)17-11-3-1-2-10(11)16/h4-7,10-11,16H,1-3H2/t10-,11-/m1/s1. The van der Waals surface area contributed by atoms with E-state index in [-0.39, 0.29) is 6.10 Å². The van der Waals surface area contributed by atoms with Gasteiger partial charge in [0.2, 0.25) is 0 Å². The lowest BCUT2D eigenvalue weighted by Gasteiger charge is -2.17. The number of hydrogen-bond donors (Lipinski definition) is 1. The second-order valence-electron chi connectivity index (χ2n) is 4.18. The molecule has 0 aliphatic heterocycles. The number of aliphatic hydroxyl groups is 1. The van der Waals surface area contributed by atoms with E-state index in [0.717, 1.165) is 25.0 Å². The first kappa shape index (κ1) is 12.2. The summed E-state index contributed by atoms with van der Waals surface area (Å²) in [6, 6.07) is 4.54. The molecular weight excluding hydrogens is 233 g/mol. The molecule has 1 N–H and O–H groups in total. The summed E-state index contributed by atoms with van der Waals surface area (Å²) in [5, 5.41) is 9.53. The van der Waals surface area contributed by atoms with Crippen LogP contribution in [0.1, 0.15) is 24.8 Å². The molecule has 1 aliphatic rings. The highest BCUT2D eigenvalue weighted by molar-refractivity contribution is 5.29. The maximum absolute atomic E-state index is 12.3. The van der Waals surface area contributed by atoms with Crippen LogP contribution in [0, 0.1) is 0 Å². The molecule has 0 heterocycles. The number of ether oxygens (including phenoxy) is 1. The maximum atomic E-state index is 12.3. The molecule has 1 fully saturated rings. The molecule has 94 valence electrons. The molecule has 1 aromatic carbocycles. The third-order valence-electron chi connectivity index (χ3n) is 2.89. The molecule has 1 saturated carbocycles. The Labute approximate surface area is 97.0 Å². The van der Waals surface area contributed by atoms with E-state index >= 15 is 0 Å². The van der Waals surface area contributed by atoms with Crippen molar-refractivity contribution in [3.05, 3.63) is 29.8 Å². The molecule has 0 aromatic heterocycles. The van der Waals surface area contributed by atoms with E-state index in [1.165, 1.54) is 12.1 Å². The quantitative estimate of drug-likeness (QED) is 0.869. The first-order chi connectivity index (χ1) is 7.97. The van der Waals surface area contributed by atoms with Crippen molar-refractivity contribution in [2.45, 2.75) is 37.6 Å². The predicted molar refractivity (Wildman–Crippen MR) is 55.7 cm³/mol. The molecule has 0 bridgehead atoms. The van der Waals surface area contributed by atoms with E-state index in [9.17, 15) is 18.3 Å². The van der Waals surface area contributed by atoms with Gasteiger partial charge >= 0.3 is 6.18 Å². The van der Waals surface area contributed by atoms with Crippen LogP contribution >= 0.6 is 0 Å². The minimum Gasteiger partial charge on any atom is -0.488 e. The maximum Gasteiger partial charge on any atom is 0.416 e. The lowest BCUT2D eigenvalue weighted by atomic mass is 10.2. The molecular formula is C12H13F3O2. The van der Waals surface area contributed by atoms with Crippen molar-refractivity contribution in [3.63, 3.8) is 0 Å². The van der Waals surface area contributed by atoms with Crippen LogP contribution in [0.25, 0.3) is 0 Å². The summed E-state index contributed by atoms with van der Waals surface area (Å²) in [5.41, 5.74) is -0.697. The van der Waals surface area contributed by atoms with Crippen LogP contribution < -0.4 is 4.74 Å². The largest absolute Gasteiger partial charge is 0.488 e. The van der Waals surface area contributed by atoms with Gasteiger partial charge < -0.3 is 9.84 Å². The zero-order chi connectivity index (χ0) is 12.5. The minimum absolute atomic E-state index is 0.299. The number of aliphatic hydroxyl groups excluding tert-OH is 1. The monoisotopic (exact) mass is 246 g/mol. The molecule has 0 saturated heterocycles. The molecule has 1 aromatic rings. The first-order valence-corrected chi connectivity index (χ1v) is 5.49. The third-order valence-corrected chi connectivity index (χ3v) is 2.89. The van der Waals surface area contributed by atoms with Gasteiger partial charge in [-0.1, -0.05) is 0 Å². The zero-order valence-electron chi connectivity index (χ0n) is 9.07. The molecule has 0 spiro atoms. The number of alkyl halides is 3. The van der Waals surface area contributed by atoms with Gasteiger partial charge in [0.15, 0.2) is 0 Å². The molecule has 5 heteroatoms. The first-order valence-electron chi connectivity index (χ1n) is 5.49. The highest BCUT2D eigenvalue weighted by Gasteiger charge is 2.31. The summed E-state index contributed by atoms with van der Waals surface area (Å²) >= 11 is 0. The fraction of sp³-hybridized carbons (Fsp3) is 0.500. The second-order valence-corrected chi connectivity index (χ2v) is 4.18. The summed E-state index contributed by atoms with van der Waals surface area (Å²) < 4.78 is 42.4. The SMILES string of the molecule is O[C@@H]1CCC[C@H]1Oc1ccc(C(F)(F)F)cc1. The lowest BCUT2D eigenvalue weighted by molar-refractivity contribution is -0.137. The predicted octanol–water partition coefficient (Wildman–Crippen LogP) is 3.00. The van der Waals surface area contributed by atoms with Crippen LogP contribution in [0.4, 0.5) is 13.2 Å². The lowest BCUT2D eigenvalue weighted by Crippen LogP contribution is -2.25. The number of benzene rings is 1. The number of rotatable bonds is 2. The highest BCUT2D eigenvalue weighted by Crippen LogP contribution is 2.31. The van der Waals surface area contributed by atoms with Gasteiger partial charge in [-0.2, -0.15) is 13.2 Å². The molecule has 2 nitrogen and oxygen atoms in total. The fourth-order valence-corrected chi connectivity index (χ4v) is 1.94. The molecule has 2 atom stereocenters.